The Morgan fingerprint density at radius 3 is 2.38 bits per heavy atom. The van der Waals surface area contributed by atoms with Gasteiger partial charge in [0.15, 0.2) is 0 Å². The molecule has 0 amide bonds. The van der Waals surface area contributed by atoms with Crippen molar-refractivity contribution in [1.29, 1.82) is 0 Å². The number of piperidine rings is 1. The van der Waals surface area contributed by atoms with Crippen LogP contribution in [0.25, 0.3) is 21.3 Å². The lowest BCUT2D eigenvalue weighted by Gasteiger charge is -2.30. The third-order valence-electron chi connectivity index (χ3n) is 5.77. The fourth-order valence-electron chi connectivity index (χ4n) is 4.20. The van der Waals surface area contributed by atoms with Gasteiger partial charge in [0.2, 0.25) is 10.0 Å². The molecule has 0 unspecified atom stereocenters. The number of aromatic nitrogens is 1. The van der Waals surface area contributed by atoms with Crippen molar-refractivity contribution >= 4 is 31.6 Å². The molecule has 1 aromatic carbocycles. The molecule has 1 aliphatic heterocycles. The van der Waals surface area contributed by atoms with Gasteiger partial charge in [-0.15, -0.1) is 11.3 Å². The molecule has 0 spiro atoms. The van der Waals surface area contributed by atoms with Crippen LogP contribution in [0.5, 0.6) is 0 Å². The molecule has 0 N–H and O–H groups in total. The molecular weight excluding hydrogens is 404 g/mol. The number of rotatable bonds is 5. The van der Waals surface area contributed by atoms with E-state index >= 15 is 0 Å². The molecule has 154 valence electrons. The lowest BCUT2D eigenvalue weighted by molar-refractivity contribution is 0.254. The second-order valence-corrected chi connectivity index (χ2v) is 10.8. The number of hydrogen-bond acceptors (Lipinski definition) is 4. The number of nitrogens with zero attached hydrogens (tertiary/aromatic N) is 2. The first-order valence-corrected chi connectivity index (χ1v) is 12.7. The van der Waals surface area contributed by atoms with Gasteiger partial charge in [-0.25, -0.2) is 12.7 Å². The molecule has 1 fully saturated rings. The summed E-state index contributed by atoms with van der Waals surface area (Å²) in [5.74, 6) is 0.309. The largest absolute Gasteiger partial charge is 0.299 e. The van der Waals surface area contributed by atoms with Gasteiger partial charge < -0.3 is 0 Å². The molecule has 5 nitrogen and oxygen atoms in total. The Morgan fingerprint density at radius 2 is 1.76 bits per heavy atom. The second kappa shape index (κ2) is 8.05. The first-order chi connectivity index (χ1) is 13.9. The molecule has 3 aromatic rings. The van der Waals surface area contributed by atoms with E-state index in [2.05, 4.69) is 19.1 Å². The summed E-state index contributed by atoms with van der Waals surface area (Å²) in [4.78, 5) is 15.1. The maximum Gasteiger partial charge on any atom is 0.251 e. The average molecular weight is 431 g/mol. The van der Waals surface area contributed by atoms with Gasteiger partial charge in [-0.1, -0.05) is 37.3 Å². The van der Waals surface area contributed by atoms with E-state index in [0.29, 0.717) is 25.6 Å². The molecule has 1 aliphatic rings. The van der Waals surface area contributed by atoms with Crippen LogP contribution in [-0.4, -0.2) is 36.6 Å². The highest BCUT2D eigenvalue weighted by Gasteiger charge is 2.26. The Balaban J connectivity index is 1.70. The molecular formula is C22H26N2O3S2. The first-order valence-electron chi connectivity index (χ1n) is 10.0. The molecule has 2 aromatic heterocycles. The molecule has 1 saturated heterocycles. The van der Waals surface area contributed by atoms with Crippen molar-refractivity contribution in [2.24, 2.45) is 5.92 Å². The van der Waals surface area contributed by atoms with Crippen molar-refractivity contribution in [3.63, 3.8) is 0 Å². The number of sulfonamides is 1. The van der Waals surface area contributed by atoms with Crippen LogP contribution >= 0.6 is 11.3 Å². The van der Waals surface area contributed by atoms with Gasteiger partial charge in [-0.3, -0.25) is 9.36 Å². The number of hydrogen-bond donors (Lipinski definition) is 0. The highest BCUT2D eigenvalue weighted by Crippen LogP contribution is 2.38. The molecule has 4 rings (SSSR count). The zero-order valence-electron chi connectivity index (χ0n) is 16.8. The Morgan fingerprint density at radius 1 is 1.07 bits per heavy atom. The van der Waals surface area contributed by atoms with Crippen molar-refractivity contribution in [3.05, 3.63) is 57.7 Å². The topological polar surface area (TPSA) is 59.4 Å². The van der Waals surface area contributed by atoms with E-state index in [4.69, 9.17) is 0 Å². The van der Waals surface area contributed by atoms with Gasteiger partial charge in [0, 0.05) is 41.5 Å². The van der Waals surface area contributed by atoms with Gasteiger partial charge in [-0.2, -0.15) is 0 Å². The zero-order valence-corrected chi connectivity index (χ0v) is 18.4. The molecule has 0 aliphatic carbocycles. The quantitative estimate of drug-likeness (QED) is 0.616. The Kier molecular flexibility index (Phi) is 5.64. The van der Waals surface area contributed by atoms with Crippen LogP contribution in [-0.2, 0) is 23.0 Å². The number of pyridine rings is 1. The summed E-state index contributed by atoms with van der Waals surface area (Å²) in [6.45, 7) is 3.87. The lowest BCUT2D eigenvalue weighted by atomic mass is 9.97. The van der Waals surface area contributed by atoms with Crippen LogP contribution in [0.2, 0.25) is 0 Å². The lowest BCUT2D eigenvalue weighted by Crippen LogP contribution is -2.39. The van der Waals surface area contributed by atoms with Crippen LogP contribution in [0.3, 0.4) is 0 Å². The summed E-state index contributed by atoms with van der Waals surface area (Å²) in [7, 11) is -3.13. The molecule has 7 heteroatoms. The predicted octanol–water partition coefficient (Wildman–Crippen LogP) is 3.96. The van der Waals surface area contributed by atoms with E-state index in [0.717, 1.165) is 29.5 Å². The van der Waals surface area contributed by atoms with E-state index in [-0.39, 0.29) is 5.56 Å². The summed E-state index contributed by atoms with van der Waals surface area (Å²) in [6.07, 6.45) is 3.76. The van der Waals surface area contributed by atoms with E-state index < -0.39 is 10.0 Å². The van der Waals surface area contributed by atoms with Gasteiger partial charge >= 0.3 is 0 Å². The SMILES string of the molecule is CCc1sc2c(ccc(=O)n2CC2CCN(S(C)(=O)=O)CC2)c1-c1ccccc1. The molecule has 0 saturated carbocycles. The predicted molar refractivity (Wildman–Crippen MR) is 120 cm³/mol. The normalized spacial score (nSPS) is 16.5. The van der Waals surface area contributed by atoms with E-state index in [9.17, 15) is 13.2 Å². The van der Waals surface area contributed by atoms with Crippen molar-refractivity contribution < 1.29 is 8.42 Å². The summed E-state index contributed by atoms with van der Waals surface area (Å²) >= 11 is 1.71. The fourth-order valence-corrected chi connectivity index (χ4v) is 6.34. The standard InChI is InChI=1S/C22H26N2O3S2/c1-3-19-21(17-7-5-4-6-8-17)18-9-10-20(25)24(22(18)28-19)15-16-11-13-23(14-12-16)29(2,26)27/h4-10,16H,3,11-15H2,1-2H3. The van der Waals surface area contributed by atoms with Crippen LogP contribution in [0.1, 0.15) is 24.6 Å². The second-order valence-electron chi connectivity index (χ2n) is 7.73. The maximum atomic E-state index is 12.7. The van der Waals surface area contributed by atoms with Crippen LogP contribution < -0.4 is 5.56 Å². The van der Waals surface area contributed by atoms with Gasteiger partial charge in [0.25, 0.3) is 5.56 Å². The average Bonchev–Trinajstić information content (AvgIpc) is 3.09. The summed E-state index contributed by atoms with van der Waals surface area (Å²) < 4.78 is 27.0. The smallest absolute Gasteiger partial charge is 0.251 e. The first kappa shape index (κ1) is 20.3. The van der Waals surface area contributed by atoms with Gasteiger partial charge in [0.1, 0.15) is 4.83 Å². The molecule has 0 radical (unpaired) electrons. The molecule has 0 bridgehead atoms. The maximum absolute atomic E-state index is 12.7. The third kappa shape index (κ3) is 4.04. The van der Waals surface area contributed by atoms with E-state index in [1.165, 1.54) is 22.3 Å². The summed E-state index contributed by atoms with van der Waals surface area (Å²) in [5.41, 5.74) is 2.43. The number of benzene rings is 1. The molecule has 3 heterocycles. The van der Waals surface area contributed by atoms with Crippen molar-refractivity contribution in [1.82, 2.24) is 8.87 Å². The summed E-state index contributed by atoms with van der Waals surface area (Å²) in [6, 6.07) is 14.0. The zero-order chi connectivity index (χ0) is 20.6. The third-order valence-corrected chi connectivity index (χ3v) is 8.45. The summed E-state index contributed by atoms with van der Waals surface area (Å²) in [5, 5.41) is 1.13. The minimum absolute atomic E-state index is 0.0200. The van der Waals surface area contributed by atoms with Crippen molar-refractivity contribution in [2.45, 2.75) is 32.7 Å². The van der Waals surface area contributed by atoms with Gasteiger partial charge in [0.05, 0.1) is 6.26 Å². The van der Waals surface area contributed by atoms with Crippen LogP contribution in [0.4, 0.5) is 0 Å². The van der Waals surface area contributed by atoms with Crippen LogP contribution in [0, 0.1) is 5.92 Å². The van der Waals surface area contributed by atoms with Gasteiger partial charge in [-0.05, 0) is 36.8 Å². The number of aryl methyl sites for hydroxylation is 1. The Bertz CT molecular complexity index is 1170. The number of fused-ring (bicyclic) bond motifs is 1. The molecule has 0 atom stereocenters. The fraction of sp³-hybridized carbons (Fsp3) is 0.409. The Hall–Kier alpha value is -1.96. The monoisotopic (exact) mass is 430 g/mol. The molecule has 29 heavy (non-hydrogen) atoms. The van der Waals surface area contributed by atoms with Crippen molar-refractivity contribution in [3.8, 4) is 11.1 Å². The highest BCUT2D eigenvalue weighted by molar-refractivity contribution is 7.88. The van der Waals surface area contributed by atoms with Crippen molar-refractivity contribution in [2.75, 3.05) is 19.3 Å². The minimum Gasteiger partial charge on any atom is -0.299 e. The van der Waals surface area contributed by atoms with E-state index in [1.807, 2.05) is 28.8 Å². The van der Waals surface area contributed by atoms with Crippen LogP contribution in [0.15, 0.2) is 47.3 Å². The number of thiophene rings is 1. The van der Waals surface area contributed by atoms with E-state index in [1.54, 1.807) is 21.7 Å². The Labute approximate surface area is 175 Å². The minimum atomic E-state index is -3.13. The highest BCUT2D eigenvalue weighted by atomic mass is 32.2.